The fraction of sp³-hybridized carbons (Fsp3) is 0.207. The van der Waals surface area contributed by atoms with Crippen LogP contribution in [0.1, 0.15) is 29.2 Å². The molecule has 0 atom stereocenters. The Bertz CT molecular complexity index is 1500. The summed E-state index contributed by atoms with van der Waals surface area (Å²) < 4.78 is 11.4. The summed E-state index contributed by atoms with van der Waals surface area (Å²) in [6.45, 7) is 5.83. The minimum atomic E-state index is -0.513. The van der Waals surface area contributed by atoms with Crippen LogP contribution in [0.5, 0.6) is 11.5 Å². The highest BCUT2D eigenvalue weighted by atomic mass is 32.2. The van der Waals surface area contributed by atoms with Gasteiger partial charge in [0.2, 0.25) is 0 Å². The third-order valence-corrected chi connectivity index (χ3v) is 6.85. The van der Waals surface area contributed by atoms with E-state index < -0.39 is 16.1 Å². The maximum atomic E-state index is 13.0. The first-order chi connectivity index (χ1) is 19.1. The molecule has 1 aliphatic heterocycles. The second-order valence-corrected chi connectivity index (χ2v) is 9.98. The zero-order valence-corrected chi connectivity index (χ0v) is 22.9. The predicted octanol–water partition coefficient (Wildman–Crippen LogP) is 5.86. The van der Waals surface area contributed by atoms with Gasteiger partial charge >= 0.3 is 0 Å². The van der Waals surface area contributed by atoms with E-state index in [2.05, 4.69) is 5.32 Å². The third kappa shape index (κ3) is 6.86. The molecule has 0 unspecified atom stereocenters. The zero-order chi connectivity index (χ0) is 28.8. The molecule has 206 valence electrons. The van der Waals surface area contributed by atoms with E-state index in [0.717, 1.165) is 27.8 Å². The number of nitrogens with one attached hydrogen (secondary N) is 1. The first-order valence-electron chi connectivity index (χ1n) is 12.4. The summed E-state index contributed by atoms with van der Waals surface area (Å²) in [5, 5.41) is 13.3. The van der Waals surface area contributed by atoms with Crippen molar-refractivity contribution in [3.05, 3.63) is 97.9 Å². The van der Waals surface area contributed by atoms with E-state index in [9.17, 15) is 24.5 Å². The van der Waals surface area contributed by atoms with E-state index in [0.29, 0.717) is 34.9 Å². The van der Waals surface area contributed by atoms with Gasteiger partial charge in [0.05, 0.1) is 23.0 Å². The van der Waals surface area contributed by atoms with Gasteiger partial charge in [-0.1, -0.05) is 35.9 Å². The third-order valence-electron chi connectivity index (χ3n) is 5.94. The largest absolute Gasteiger partial charge is 0.490 e. The summed E-state index contributed by atoms with van der Waals surface area (Å²) in [7, 11) is 0. The number of non-ortho nitro benzene ring substituents is 1. The van der Waals surface area contributed by atoms with Crippen molar-refractivity contribution in [1.29, 1.82) is 0 Å². The number of hydrogen-bond donors (Lipinski definition) is 1. The topological polar surface area (TPSA) is 128 Å². The number of benzene rings is 3. The lowest BCUT2D eigenvalue weighted by Gasteiger charge is -2.14. The van der Waals surface area contributed by atoms with Gasteiger partial charge in [-0.05, 0) is 73.5 Å². The van der Waals surface area contributed by atoms with Gasteiger partial charge in [-0.15, -0.1) is 0 Å². The molecule has 10 nitrogen and oxygen atoms in total. The molecule has 0 aromatic heterocycles. The number of imide groups is 1. The number of nitro benzene ring substituents is 1. The Morgan fingerprint density at radius 2 is 1.77 bits per heavy atom. The van der Waals surface area contributed by atoms with Crippen LogP contribution in [0.3, 0.4) is 0 Å². The minimum Gasteiger partial charge on any atom is -0.490 e. The van der Waals surface area contributed by atoms with Gasteiger partial charge in [0.1, 0.15) is 0 Å². The molecule has 1 aliphatic rings. The van der Waals surface area contributed by atoms with E-state index >= 15 is 0 Å². The Balaban J connectivity index is 1.43. The Morgan fingerprint density at radius 1 is 1.02 bits per heavy atom. The molecule has 0 radical (unpaired) electrons. The molecule has 0 bridgehead atoms. The van der Waals surface area contributed by atoms with Crippen LogP contribution in [-0.2, 0) is 16.1 Å². The Morgan fingerprint density at radius 3 is 2.45 bits per heavy atom. The highest BCUT2D eigenvalue weighted by Gasteiger charge is 2.35. The summed E-state index contributed by atoms with van der Waals surface area (Å²) in [5.74, 6) is -0.0309. The maximum Gasteiger partial charge on any atom is 0.293 e. The van der Waals surface area contributed by atoms with Gasteiger partial charge in [0.25, 0.3) is 22.7 Å². The highest BCUT2D eigenvalue weighted by molar-refractivity contribution is 8.18. The Labute approximate surface area is 235 Å². The Hall–Kier alpha value is -4.64. The van der Waals surface area contributed by atoms with Crippen LogP contribution in [0.15, 0.2) is 65.6 Å². The fourth-order valence-corrected chi connectivity index (χ4v) is 4.82. The quantitative estimate of drug-likeness (QED) is 0.185. The van der Waals surface area contributed by atoms with Crippen LogP contribution in [0.25, 0.3) is 6.08 Å². The molecular weight excluding hydrogens is 534 g/mol. The summed E-state index contributed by atoms with van der Waals surface area (Å²) in [6.07, 6.45) is 1.58. The molecule has 3 aromatic rings. The van der Waals surface area contributed by atoms with Crippen molar-refractivity contribution < 1.29 is 28.8 Å². The number of thioether (sulfide) groups is 1. The molecule has 1 N–H and O–H groups in total. The van der Waals surface area contributed by atoms with Crippen LogP contribution in [0.2, 0.25) is 0 Å². The van der Waals surface area contributed by atoms with Crippen LogP contribution < -0.4 is 14.8 Å². The molecule has 0 saturated carbocycles. The molecule has 0 aliphatic carbocycles. The number of carbonyl (C=O) groups is 3. The molecule has 1 heterocycles. The number of amides is 3. The maximum absolute atomic E-state index is 13.0. The average molecular weight is 562 g/mol. The molecule has 1 saturated heterocycles. The van der Waals surface area contributed by atoms with Crippen molar-refractivity contribution in [3.8, 4) is 11.5 Å². The molecular formula is C29H27N3O7S. The monoisotopic (exact) mass is 561 g/mol. The van der Waals surface area contributed by atoms with E-state index in [1.165, 1.54) is 24.3 Å². The first kappa shape index (κ1) is 28.4. The number of hydrogen-bond acceptors (Lipinski definition) is 8. The van der Waals surface area contributed by atoms with Gasteiger partial charge in [0.15, 0.2) is 18.1 Å². The summed E-state index contributed by atoms with van der Waals surface area (Å²) in [4.78, 5) is 49.6. The summed E-state index contributed by atoms with van der Waals surface area (Å²) in [5.41, 5.74) is 3.89. The van der Waals surface area contributed by atoms with Crippen molar-refractivity contribution in [2.75, 3.05) is 18.5 Å². The predicted molar refractivity (Wildman–Crippen MR) is 152 cm³/mol. The van der Waals surface area contributed by atoms with E-state index in [4.69, 9.17) is 9.47 Å². The molecule has 1 fully saturated rings. The van der Waals surface area contributed by atoms with Crippen LogP contribution in [0.4, 0.5) is 16.2 Å². The van der Waals surface area contributed by atoms with Gasteiger partial charge in [-0.2, -0.15) is 0 Å². The van der Waals surface area contributed by atoms with Gasteiger partial charge in [-0.3, -0.25) is 29.4 Å². The molecule has 3 aromatic carbocycles. The smallest absolute Gasteiger partial charge is 0.293 e. The molecule has 0 spiro atoms. The summed E-state index contributed by atoms with van der Waals surface area (Å²) >= 11 is 0.810. The van der Waals surface area contributed by atoms with Gasteiger partial charge in [0, 0.05) is 17.8 Å². The zero-order valence-electron chi connectivity index (χ0n) is 22.1. The number of carbonyl (C=O) groups excluding carboxylic acids is 3. The normalized spacial score (nSPS) is 14.0. The van der Waals surface area contributed by atoms with Crippen molar-refractivity contribution in [2.24, 2.45) is 0 Å². The second-order valence-electron chi connectivity index (χ2n) is 8.99. The van der Waals surface area contributed by atoms with Crippen LogP contribution in [0, 0.1) is 24.0 Å². The number of nitrogens with zero attached hydrogens (tertiary/aromatic N) is 2. The molecule has 4 rings (SSSR count). The molecule has 40 heavy (non-hydrogen) atoms. The van der Waals surface area contributed by atoms with E-state index in [1.807, 2.05) is 39.0 Å². The van der Waals surface area contributed by atoms with E-state index in [-0.39, 0.29) is 29.7 Å². The van der Waals surface area contributed by atoms with Gasteiger partial charge in [-0.25, -0.2) is 0 Å². The van der Waals surface area contributed by atoms with Crippen molar-refractivity contribution in [2.45, 2.75) is 27.3 Å². The highest BCUT2D eigenvalue weighted by Crippen LogP contribution is 2.35. The molecule has 11 heteroatoms. The van der Waals surface area contributed by atoms with Crippen molar-refractivity contribution in [3.63, 3.8) is 0 Å². The lowest BCUT2D eigenvalue weighted by molar-refractivity contribution is -0.384. The van der Waals surface area contributed by atoms with E-state index in [1.54, 1.807) is 24.3 Å². The lowest BCUT2D eigenvalue weighted by atomic mass is 10.1. The lowest BCUT2D eigenvalue weighted by Crippen LogP contribution is -2.27. The number of nitro groups is 1. The number of aryl methyl sites for hydroxylation is 2. The van der Waals surface area contributed by atoms with Crippen LogP contribution in [-0.4, -0.2) is 40.1 Å². The fourth-order valence-electron chi connectivity index (χ4n) is 3.98. The average Bonchev–Trinajstić information content (AvgIpc) is 3.17. The second kappa shape index (κ2) is 12.5. The van der Waals surface area contributed by atoms with Gasteiger partial charge < -0.3 is 14.8 Å². The van der Waals surface area contributed by atoms with Crippen LogP contribution >= 0.6 is 11.8 Å². The number of rotatable bonds is 10. The number of anilines is 1. The van der Waals surface area contributed by atoms with Crippen molar-refractivity contribution in [1.82, 2.24) is 4.90 Å². The Kier molecular flexibility index (Phi) is 8.85. The van der Waals surface area contributed by atoms with Crippen molar-refractivity contribution >= 4 is 46.3 Å². The first-order valence-corrected chi connectivity index (χ1v) is 13.2. The number of ether oxygens (including phenoxy) is 2. The standard InChI is InChI=1S/C29H27N3O7S/c1-4-38-25-14-21(8-12-24(25)39-17-27(33)30-23-11-5-18(2)13-19(23)3)15-26-28(34)31(29(35)40-26)16-20-6-9-22(10-7-20)32(36)37/h5-15H,4,16-17H2,1-3H3,(H,30,33)/b26-15-. The molecule has 3 amide bonds. The summed E-state index contributed by atoms with van der Waals surface area (Å²) in [6, 6.07) is 16.4. The minimum absolute atomic E-state index is 0.00114. The SMILES string of the molecule is CCOc1cc(/C=C2\SC(=O)N(Cc3ccc([N+](=O)[O-])cc3)C2=O)ccc1OCC(=O)Nc1ccc(C)cc1C.